The topological polar surface area (TPSA) is 43.4 Å². The summed E-state index contributed by atoms with van der Waals surface area (Å²) in [6.45, 7) is 6.04. The second kappa shape index (κ2) is 7.31. The lowest BCUT2D eigenvalue weighted by molar-refractivity contribution is -0.151. The fourth-order valence-corrected chi connectivity index (χ4v) is 4.65. The summed E-state index contributed by atoms with van der Waals surface area (Å²) in [6.07, 6.45) is 0.534. The van der Waals surface area contributed by atoms with Gasteiger partial charge in [0.1, 0.15) is 5.92 Å². The molecule has 1 fully saturated rings. The Bertz CT molecular complexity index is 281. The summed E-state index contributed by atoms with van der Waals surface area (Å²) in [5, 5.41) is 0.243. The Kier molecular flexibility index (Phi) is 6.41. The lowest BCUT2D eigenvalue weighted by atomic mass is 9.97. The van der Waals surface area contributed by atoms with E-state index in [2.05, 4.69) is 6.92 Å². The highest BCUT2D eigenvalue weighted by Gasteiger charge is 2.36. The first-order valence-electron chi connectivity index (χ1n) is 6.05. The molecule has 1 aliphatic heterocycles. The Morgan fingerprint density at radius 3 is 2.47 bits per heavy atom. The fourth-order valence-electron chi connectivity index (χ4n) is 1.87. The van der Waals surface area contributed by atoms with Crippen LogP contribution in [0.2, 0.25) is 0 Å². The maximum absolute atomic E-state index is 12.3. The molecule has 17 heavy (non-hydrogen) atoms. The molecule has 3 nitrogen and oxygen atoms in total. The summed E-state index contributed by atoms with van der Waals surface area (Å²) < 4.78 is 4.97. The zero-order valence-electron chi connectivity index (χ0n) is 10.6. The van der Waals surface area contributed by atoms with E-state index in [1.807, 2.05) is 18.7 Å². The molecule has 0 N–H and O–H groups in total. The summed E-state index contributed by atoms with van der Waals surface area (Å²) in [7, 11) is 0. The van der Waals surface area contributed by atoms with Crippen molar-refractivity contribution < 1.29 is 14.3 Å². The van der Waals surface area contributed by atoms with Crippen molar-refractivity contribution in [2.24, 2.45) is 5.92 Å². The van der Waals surface area contributed by atoms with Crippen LogP contribution in [0.4, 0.5) is 0 Å². The minimum absolute atomic E-state index is 0.0515. The Morgan fingerprint density at radius 2 is 1.94 bits per heavy atom. The van der Waals surface area contributed by atoms with Gasteiger partial charge in [0.15, 0.2) is 5.78 Å². The van der Waals surface area contributed by atoms with Crippen molar-refractivity contribution in [2.75, 3.05) is 18.1 Å². The highest BCUT2D eigenvalue weighted by atomic mass is 32.2. The molecule has 0 amide bonds. The van der Waals surface area contributed by atoms with Gasteiger partial charge in [-0.3, -0.25) is 9.59 Å². The van der Waals surface area contributed by atoms with E-state index in [4.69, 9.17) is 4.74 Å². The van der Waals surface area contributed by atoms with Crippen molar-refractivity contribution in [3.8, 4) is 0 Å². The molecule has 0 aromatic heterocycles. The van der Waals surface area contributed by atoms with Gasteiger partial charge in [0.05, 0.1) is 11.9 Å². The van der Waals surface area contributed by atoms with E-state index in [1.54, 1.807) is 18.7 Å². The molecule has 0 aromatic rings. The number of Topliss-reactive ketones (excluding diaryl/α,β-unsaturated/α-hetero) is 1. The van der Waals surface area contributed by atoms with Gasteiger partial charge in [-0.05, 0) is 13.3 Å². The molecule has 0 saturated carbocycles. The minimum atomic E-state index is -0.575. The average molecular weight is 276 g/mol. The van der Waals surface area contributed by atoms with Crippen LogP contribution in [0.15, 0.2) is 0 Å². The van der Waals surface area contributed by atoms with Gasteiger partial charge in [0.2, 0.25) is 0 Å². The van der Waals surface area contributed by atoms with Crippen molar-refractivity contribution in [3.63, 3.8) is 0 Å². The van der Waals surface area contributed by atoms with Gasteiger partial charge in [-0.2, -0.15) is 11.8 Å². The van der Waals surface area contributed by atoms with Crippen LogP contribution in [0.25, 0.3) is 0 Å². The third kappa shape index (κ3) is 3.91. The van der Waals surface area contributed by atoms with Crippen LogP contribution in [0.5, 0.6) is 0 Å². The molecule has 3 atom stereocenters. The zero-order chi connectivity index (χ0) is 12.8. The highest BCUT2D eigenvalue weighted by molar-refractivity contribution is 8.07. The zero-order valence-corrected chi connectivity index (χ0v) is 12.2. The van der Waals surface area contributed by atoms with E-state index in [0.29, 0.717) is 18.3 Å². The van der Waals surface area contributed by atoms with Crippen molar-refractivity contribution in [1.82, 2.24) is 0 Å². The molecule has 1 heterocycles. The van der Waals surface area contributed by atoms with Gasteiger partial charge >= 0.3 is 5.97 Å². The van der Waals surface area contributed by atoms with Crippen molar-refractivity contribution >= 4 is 35.3 Å². The van der Waals surface area contributed by atoms with Crippen LogP contribution in [-0.4, -0.2) is 40.4 Å². The smallest absolute Gasteiger partial charge is 0.316 e. The molecule has 5 heteroatoms. The molecule has 1 saturated heterocycles. The van der Waals surface area contributed by atoms with Crippen molar-refractivity contribution in [3.05, 3.63) is 0 Å². The van der Waals surface area contributed by atoms with E-state index in [1.165, 1.54) is 0 Å². The van der Waals surface area contributed by atoms with E-state index >= 15 is 0 Å². The van der Waals surface area contributed by atoms with Crippen LogP contribution in [0, 0.1) is 5.92 Å². The van der Waals surface area contributed by atoms with E-state index in [9.17, 15) is 9.59 Å². The molecule has 0 aliphatic carbocycles. The van der Waals surface area contributed by atoms with Gasteiger partial charge in [-0.1, -0.05) is 13.8 Å². The number of esters is 1. The number of hydrogen-bond donors (Lipinski definition) is 0. The fraction of sp³-hybridized carbons (Fsp3) is 0.833. The molecule has 0 spiro atoms. The monoisotopic (exact) mass is 276 g/mol. The van der Waals surface area contributed by atoms with Crippen LogP contribution < -0.4 is 0 Å². The lowest BCUT2D eigenvalue weighted by Gasteiger charge is -2.28. The number of carbonyl (C=O) groups excluding carboxylic acids is 2. The van der Waals surface area contributed by atoms with Crippen LogP contribution >= 0.6 is 23.5 Å². The van der Waals surface area contributed by atoms with Gasteiger partial charge in [-0.25, -0.2) is 0 Å². The van der Waals surface area contributed by atoms with Crippen molar-refractivity contribution in [1.29, 1.82) is 0 Å². The van der Waals surface area contributed by atoms with E-state index in [0.717, 1.165) is 11.5 Å². The van der Waals surface area contributed by atoms with Crippen LogP contribution in [0.1, 0.15) is 27.2 Å². The van der Waals surface area contributed by atoms with Gasteiger partial charge in [0.25, 0.3) is 0 Å². The number of hydrogen-bond acceptors (Lipinski definition) is 5. The molecule has 0 aromatic carbocycles. The Labute approximate surface area is 111 Å². The summed E-state index contributed by atoms with van der Waals surface area (Å²) in [5.74, 6) is 1.20. The molecule has 0 radical (unpaired) electrons. The second-order valence-corrected chi connectivity index (χ2v) is 6.72. The molecular formula is C12H20O3S2. The number of thioether (sulfide) groups is 2. The number of ketones is 1. The summed E-state index contributed by atoms with van der Waals surface area (Å²) in [4.78, 5) is 24.0. The SMILES string of the molecule is CCOC(=O)C(CC)C(=O)C1SCCSC1C. The first-order chi connectivity index (χ1) is 8.11. The molecular weight excluding hydrogens is 256 g/mol. The predicted molar refractivity (Wildman–Crippen MR) is 73.6 cm³/mol. The lowest BCUT2D eigenvalue weighted by Crippen LogP contribution is -2.39. The Hall–Kier alpha value is -0.160. The number of carbonyl (C=O) groups is 2. The van der Waals surface area contributed by atoms with E-state index in [-0.39, 0.29) is 17.0 Å². The molecule has 3 unspecified atom stereocenters. The van der Waals surface area contributed by atoms with Crippen LogP contribution in [0.3, 0.4) is 0 Å². The van der Waals surface area contributed by atoms with Gasteiger partial charge in [-0.15, -0.1) is 11.8 Å². The third-order valence-corrected chi connectivity index (χ3v) is 5.90. The Morgan fingerprint density at radius 1 is 1.29 bits per heavy atom. The van der Waals surface area contributed by atoms with Crippen molar-refractivity contribution in [2.45, 2.75) is 37.7 Å². The highest BCUT2D eigenvalue weighted by Crippen LogP contribution is 2.33. The quantitative estimate of drug-likeness (QED) is 0.570. The first kappa shape index (κ1) is 14.9. The molecule has 1 rings (SSSR count). The summed E-state index contributed by atoms with van der Waals surface area (Å²) in [5.41, 5.74) is 0. The van der Waals surface area contributed by atoms with E-state index < -0.39 is 5.92 Å². The minimum Gasteiger partial charge on any atom is -0.465 e. The Balaban J connectivity index is 2.67. The normalized spacial score (nSPS) is 26.3. The summed E-state index contributed by atoms with van der Waals surface area (Å²) >= 11 is 3.49. The third-order valence-electron chi connectivity index (χ3n) is 2.79. The molecule has 98 valence electrons. The molecule has 1 aliphatic rings. The van der Waals surface area contributed by atoms with Gasteiger partial charge < -0.3 is 4.74 Å². The average Bonchev–Trinajstić information content (AvgIpc) is 2.30. The maximum Gasteiger partial charge on any atom is 0.316 e. The molecule has 0 bridgehead atoms. The number of ether oxygens (including phenoxy) is 1. The standard InChI is InChI=1S/C12H20O3S2/c1-4-9(12(14)15-5-2)10(13)11-8(3)16-6-7-17-11/h8-9,11H,4-7H2,1-3H3. The van der Waals surface area contributed by atoms with Crippen LogP contribution in [-0.2, 0) is 14.3 Å². The second-order valence-electron chi connectivity index (χ2n) is 3.98. The van der Waals surface area contributed by atoms with Gasteiger partial charge in [0, 0.05) is 16.8 Å². The largest absolute Gasteiger partial charge is 0.465 e. The first-order valence-corrected chi connectivity index (χ1v) is 8.15. The predicted octanol–water partition coefficient (Wildman–Crippen LogP) is 2.38. The maximum atomic E-state index is 12.3. The number of rotatable bonds is 5. The summed E-state index contributed by atoms with van der Waals surface area (Å²) in [6, 6.07) is 0.